The maximum Gasteiger partial charge on any atom is 0.433 e. The van der Waals surface area contributed by atoms with E-state index in [9.17, 15) is 18.0 Å². The summed E-state index contributed by atoms with van der Waals surface area (Å²) in [4.78, 5) is 16.1. The van der Waals surface area contributed by atoms with E-state index in [0.29, 0.717) is 37.3 Å². The molecule has 2 heterocycles. The number of benzene rings is 1. The van der Waals surface area contributed by atoms with Crippen molar-refractivity contribution in [3.05, 3.63) is 66.1 Å². The summed E-state index contributed by atoms with van der Waals surface area (Å²) in [5.41, 5.74) is 0.277. The molecule has 0 saturated carbocycles. The molecule has 30 heavy (non-hydrogen) atoms. The third-order valence-electron chi connectivity index (χ3n) is 4.29. The van der Waals surface area contributed by atoms with Crippen molar-refractivity contribution in [3.8, 4) is 16.9 Å². The molecule has 6 nitrogen and oxygen atoms in total. The van der Waals surface area contributed by atoms with Gasteiger partial charge in [-0.15, -0.1) is 0 Å². The van der Waals surface area contributed by atoms with Crippen molar-refractivity contribution in [1.29, 1.82) is 0 Å². The number of aromatic nitrogens is 3. The van der Waals surface area contributed by atoms with E-state index in [1.54, 1.807) is 12.1 Å². The van der Waals surface area contributed by atoms with Crippen LogP contribution in [-0.2, 0) is 10.9 Å². The lowest BCUT2D eigenvalue weighted by atomic mass is 10.2. The minimum Gasteiger partial charge on any atom is -0.382 e. The molecule has 0 fully saturated rings. The summed E-state index contributed by atoms with van der Waals surface area (Å²) in [5, 5.41) is 6.86. The number of hydrogen-bond donors (Lipinski definition) is 1. The number of nitrogens with one attached hydrogen (secondary N) is 1. The summed E-state index contributed by atoms with van der Waals surface area (Å²) in [6.07, 6.45) is -0.932. The third-order valence-corrected chi connectivity index (χ3v) is 4.29. The monoisotopic (exact) mass is 418 g/mol. The number of ether oxygens (including phenoxy) is 1. The Bertz CT molecular complexity index is 970. The van der Waals surface area contributed by atoms with E-state index >= 15 is 0 Å². The molecular weight excluding hydrogens is 397 g/mol. The molecule has 1 aromatic carbocycles. The number of amides is 1. The topological polar surface area (TPSA) is 69.0 Å². The summed E-state index contributed by atoms with van der Waals surface area (Å²) in [6, 6.07) is 10.1. The van der Waals surface area contributed by atoms with E-state index in [0.717, 1.165) is 10.7 Å². The zero-order chi connectivity index (χ0) is 21.6. The molecule has 0 atom stereocenters. The van der Waals surface area contributed by atoms with Crippen LogP contribution in [0, 0.1) is 0 Å². The molecule has 9 heteroatoms. The summed E-state index contributed by atoms with van der Waals surface area (Å²) in [5.74, 6) is -0.300. The normalized spacial score (nSPS) is 11.5. The van der Waals surface area contributed by atoms with Crippen LogP contribution in [0.15, 0.2) is 54.9 Å². The van der Waals surface area contributed by atoms with Crippen LogP contribution in [0.5, 0.6) is 0 Å². The second-order valence-corrected chi connectivity index (χ2v) is 6.42. The van der Waals surface area contributed by atoms with Crippen LogP contribution in [0.2, 0.25) is 0 Å². The first-order chi connectivity index (χ1) is 14.4. The SMILES string of the molecule is CCOCCCNC(=O)c1ccc(-n2nc(-c3cccnc3)cc2C(F)(F)F)cc1. The Morgan fingerprint density at radius 2 is 1.97 bits per heavy atom. The van der Waals surface area contributed by atoms with Gasteiger partial charge in [-0.1, -0.05) is 0 Å². The standard InChI is InChI=1S/C21H21F3N4O2/c1-2-30-12-4-11-26-20(29)15-6-8-17(9-7-15)28-19(21(22,23)24)13-18(27-28)16-5-3-10-25-14-16/h3,5-10,13-14H,2,4,11-12H2,1H3,(H,26,29). The van der Waals surface area contributed by atoms with E-state index in [4.69, 9.17) is 4.74 Å². The van der Waals surface area contributed by atoms with Gasteiger partial charge in [0.15, 0.2) is 0 Å². The zero-order valence-electron chi connectivity index (χ0n) is 16.3. The van der Waals surface area contributed by atoms with Crippen molar-refractivity contribution >= 4 is 5.91 Å². The van der Waals surface area contributed by atoms with Gasteiger partial charge in [-0.25, -0.2) is 4.68 Å². The van der Waals surface area contributed by atoms with Crippen molar-refractivity contribution in [2.45, 2.75) is 19.5 Å². The average molecular weight is 418 g/mol. The zero-order valence-corrected chi connectivity index (χ0v) is 16.3. The van der Waals surface area contributed by atoms with Gasteiger partial charge >= 0.3 is 6.18 Å². The van der Waals surface area contributed by atoms with Gasteiger partial charge in [0.2, 0.25) is 0 Å². The number of nitrogens with zero attached hydrogens (tertiary/aromatic N) is 3. The quantitative estimate of drug-likeness (QED) is 0.559. The Morgan fingerprint density at radius 3 is 2.60 bits per heavy atom. The molecule has 0 unspecified atom stereocenters. The third kappa shape index (κ3) is 5.24. The lowest BCUT2D eigenvalue weighted by molar-refractivity contribution is -0.142. The molecule has 1 amide bonds. The van der Waals surface area contributed by atoms with E-state index in [-0.39, 0.29) is 17.3 Å². The van der Waals surface area contributed by atoms with Crippen molar-refractivity contribution in [2.75, 3.05) is 19.8 Å². The largest absolute Gasteiger partial charge is 0.433 e. The number of carbonyl (C=O) groups is 1. The van der Waals surface area contributed by atoms with Gasteiger partial charge in [-0.3, -0.25) is 9.78 Å². The van der Waals surface area contributed by atoms with Gasteiger partial charge in [0.25, 0.3) is 5.91 Å². The number of pyridine rings is 1. The molecule has 3 aromatic rings. The minimum atomic E-state index is -4.59. The fraction of sp³-hybridized carbons (Fsp3) is 0.286. The van der Waals surface area contributed by atoms with Gasteiger partial charge in [-0.2, -0.15) is 18.3 Å². The van der Waals surface area contributed by atoms with Crippen molar-refractivity contribution in [1.82, 2.24) is 20.1 Å². The number of hydrogen-bond acceptors (Lipinski definition) is 4. The first-order valence-corrected chi connectivity index (χ1v) is 9.44. The predicted molar refractivity (Wildman–Crippen MR) is 105 cm³/mol. The average Bonchev–Trinajstić information content (AvgIpc) is 3.20. The second-order valence-electron chi connectivity index (χ2n) is 6.42. The maximum atomic E-state index is 13.5. The highest BCUT2D eigenvalue weighted by Crippen LogP contribution is 2.33. The van der Waals surface area contributed by atoms with Crippen LogP contribution in [0.1, 0.15) is 29.4 Å². The van der Waals surface area contributed by atoms with Gasteiger partial charge in [0.05, 0.1) is 11.4 Å². The Morgan fingerprint density at radius 1 is 1.20 bits per heavy atom. The van der Waals surface area contributed by atoms with Crippen LogP contribution in [0.4, 0.5) is 13.2 Å². The fourth-order valence-corrected chi connectivity index (χ4v) is 2.81. The highest BCUT2D eigenvalue weighted by atomic mass is 19.4. The van der Waals surface area contributed by atoms with E-state index in [2.05, 4.69) is 15.4 Å². The molecule has 0 aliphatic rings. The Kier molecular flexibility index (Phi) is 6.83. The number of carbonyl (C=O) groups excluding carboxylic acids is 1. The number of halogens is 3. The highest BCUT2D eigenvalue weighted by molar-refractivity contribution is 5.94. The summed E-state index contributed by atoms with van der Waals surface area (Å²) >= 11 is 0. The van der Waals surface area contributed by atoms with Crippen LogP contribution < -0.4 is 5.32 Å². The molecule has 0 radical (unpaired) electrons. The molecule has 0 aliphatic carbocycles. The predicted octanol–water partition coefficient (Wildman–Crippen LogP) is 4.11. The van der Waals surface area contributed by atoms with E-state index in [1.807, 2.05) is 6.92 Å². The fourth-order valence-electron chi connectivity index (χ4n) is 2.81. The molecule has 2 aromatic heterocycles. The van der Waals surface area contributed by atoms with Crippen molar-refractivity contribution < 1.29 is 22.7 Å². The smallest absolute Gasteiger partial charge is 0.382 e. The molecule has 3 rings (SSSR count). The van der Waals surface area contributed by atoms with Crippen molar-refractivity contribution in [3.63, 3.8) is 0 Å². The number of rotatable bonds is 8. The lowest BCUT2D eigenvalue weighted by Gasteiger charge is -2.11. The van der Waals surface area contributed by atoms with E-state index in [1.165, 1.54) is 36.7 Å². The van der Waals surface area contributed by atoms with Crippen LogP contribution in [0.3, 0.4) is 0 Å². The summed E-state index contributed by atoms with van der Waals surface area (Å²) in [6.45, 7) is 3.51. The molecule has 158 valence electrons. The second kappa shape index (κ2) is 9.53. The molecule has 0 spiro atoms. The lowest BCUT2D eigenvalue weighted by Crippen LogP contribution is -2.25. The first-order valence-electron chi connectivity index (χ1n) is 9.44. The summed E-state index contributed by atoms with van der Waals surface area (Å²) in [7, 11) is 0. The highest BCUT2D eigenvalue weighted by Gasteiger charge is 2.36. The number of alkyl halides is 3. The van der Waals surface area contributed by atoms with Crippen LogP contribution in [-0.4, -0.2) is 40.4 Å². The molecule has 0 aliphatic heterocycles. The molecule has 1 N–H and O–H groups in total. The molecule has 0 saturated heterocycles. The van der Waals surface area contributed by atoms with Crippen molar-refractivity contribution in [2.24, 2.45) is 0 Å². The molecular formula is C21H21F3N4O2. The Labute approximate surface area is 171 Å². The summed E-state index contributed by atoms with van der Waals surface area (Å²) < 4.78 is 46.7. The Balaban J connectivity index is 1.80. The van der Waals surface area contributed by atoms with Crippen LogP contribution in [0.25, 0.3) is 16.9 Å². The van der Waals surface area contributed by atoms with Gasteiger partial charge in [0.1, 0.15) is 5.69 Å². The van der Waals surface area contributed by atoms with E-state index < -0.39 is 11.9 Å². The maximum absolute atomic E-state index is 13.5. The minimum absolute atomic E-state index is 0.159. The van der Waals surface area contributed by atoms with Gasteiger partial charge in [-0.05, 0) is 55.8 Å². The molecule has 0 bridgehead atoms. The van der Waals surface area contributed by atoms with Gasteiger partial charge < -0.3 is 10.1 Å². The first kappa shape index (κ1) is 21.5. The Hall–Kier alpha value is -3.20. The van der Waals surface area contributed by atoms with Gasteiger partial charge in [0, 0.05) is 43.3 Å². The van der Waals surface area contributed by atoms with Crippen LogP contribution >= 0.6 is 0 Å².